The molecule has 1 aliphatic carbocycles. The largest absolute Gasteiger partial charge is 0.480 e. The molecule has 0 unspecified atom stereocenters. The highest BCUT2D eigenvalue weighted by Crippen LogP contribution is 2.45. The van der Waals surface area contributed by atoms with E-state index in [0.29, 0.717) is 16.8 Å². The Labute approximate surface area is 229 Å². The lowest BCUT2D eigenvalue weighted by molar-refractivity contribution is -0.140. The highest BCUT2D eigenvalue weighted by Gasteiger charge is 2.35. The molecule has 6 rings (SSSR count). The monoisotopic (exact) mass is 571 g/mol. The first-order valence-corrected chi connectivity index (χ1v) is 12.5. The van der Waals surface area contributed by atoms with Gasteiger partial charge in [0.05, 0.1) is 18.4 Å². The van der Waals surface area contributed by atoms with Gasteiger partial charge < -0.3 is 18.6 Å². The Morgan fingerprint density at radius 3 is 2.39 bits per heavy atom. The van der Waals surface area contributed by atoms with Crippen molar-refractivity contribution in [3.8, 4) is 34.5 Å². The lowest BCUT2D eigenvalue weighted by Gasteiger charge is -2.13. The molecule has 5 aromatic rings. The normalized spacial score (nSPS) is 13.7. The summed E-state index contributed by atoms with van der Waals surface area (Å²) in [6, 6.07) is 3.97. The number of rotatable bonds is 7. The third kappa shape index (κ3) is 4.83. The number of nitrogens with zero attached hydrogens (tertiary/aromatic N) is 7. The van der Waals surface area contributed by atoms with Crippen LogP contribution in [0.1, 0.15) is 35.7 Å². The third-order valence-corrected chi connectivity index (χ3v) is 6.78. The Morgan fingerprint density at radius 2 is 1.73 bits per heavy atom. The molecule has 4 aromatic heterocycles. The summed E-state index contributed by atoms with van der Waals surface area (Å²) in [5.74, 6) is -0.978. The van der Waals surface area contributed by atoms with Gasteiger partial charge in [-0.1, -0.05) is 6.07 Å². The van der Waals surface area contributed by atoms with E-state index in [9.17, 15) is 17.6 Å². The van der Waals surface area contributed by atoms with Crippen molar-refractivity contribution in [1.82, 2.24) is 34.1 Å². The molecule has 0 amide bonds. The van der Waals surface area contributed by atoms with E-state index in [1.165, 1.54) is 43.4 Å². The second kappa shape index (κ2) is 9.78. The lowest BCUT2D eigenvalue weighted by atomic mass is 10.1. The summed E-state index contributed by atoms with van der Waals surface area (Å²) in [5, 5.41) is 0. The van der Waals surface area contributed by atoms with Gasteiger partial charge in [-0.3, -0.25) is 0 Å². The number of ether oxygens (including phenoxy) is 2. The fraction of sp³-hybridized carbons (Fsp3) is 0.296. The van der Waals surface area contributed by atoms with Gasteiger partial charge in [0, 0.05) is 32.4 Å². The Balaban J connectivity index is 1.35. The average molecular weight is 572 g/mol. The molecular formula is C27H22F5N7O2. The molecule has 1 fully saturated rings. The summed E-state index contributed by atoms with van der Waals surface area (Å²) >= 11 is 0. The Hall–Kier alpha value is -4.62. The first kappa shape index (κ1) is 26.6. The van der Waals surface area contributed by atoms with Crippen LogP contribution in [-0.2, 0) is 26.9 Å². The number of aromatic nitrogens is 7. The number of halogens is 5. The van der Waals surface area contributed by atoms with Crippen LogP contribution in [0.5, 0.6) is 11.8 Å². The number of hydrogen-bond donors (Lipinski definition) is 0. The van der Waals surface area contributed by atoms with Crippen LogP contribution < -0.4 is 9.47 Å². The van der Waals surface area contributed by atoms with E-state index < -0.39 is 23.5 Å². The zero-order valence-corrected chi connectivity index (χ0v) is 22.0. The molecule has 212 valence electrons. The molecule has 0 atom stereocenters. The number of aryl methyl sites for hydroxylation is 2. The molecule has 41 heavy (non-hydrogen) atoms. The number of hydrogen-bond acceptors (Lipinski definition) is 7. The van der Waals surface area contributed by atoms with Crippen molar-refractivity contribution in [2.75, 3.05) is 7.11 Å². The van der Waals surface area contributed by atoms with E-state index >= 15 is 4.39 Å². The number of benzene rings is 1. The standard InChI is InChI=1S/C27H22F5N7O2/c1-38-9-17(29)21-22(38)26(37-23(36-21)19-20(14-5-6-14)33-12-34-25(19)40-3)41-11-13-4-7-15(16(28)8-13)24-35-18(10-39(24)2)27(30,31)32/h4,7-10,12,14H,5-6,11H2,1-3H3. The van der Waals surface area contributed by atoms with Gasteiger partial charge in [0.15, 0.2) is 17.3 Å². The topological polar surface area (TPSA) is 92.8 Å². The highest BCUT2D eigenvalue weighted by molar-refractivity contribution is 5.84. The predicted molar refractivity (Wildman–Crippen MR) is 136 cm³/mol. The van der Waals surface area contributed by atoms with Gasteiger partial charge in [-0.25, -0.2) is 28.7 Å². The van der Waals surface area contributed by atoms with Gasteiger partial charge in [0.2, 0.25) is 11.8 Å². The van der Waals surface area contributed by atoms with Crippen LogP contribution in [0.4, 0.5) is 22.0 Å². The number of alkyl halides is 3. The molecular weight excluding hydrogens is 549 g/mol. The van der Waals surface area contributed by atoms with E-state index in [-0.39, 0.29) is 52.5 Å². The maximum atomic E-state index is 15.1. The lowest BCUT2D eigenvalue weighted by Crippen LogP contribution is -2.06. The maximum absolute atomic E-state index is 15.1. The fourth-order valence-corrected chi connectivity index (χ4v) is 4.67. The molecule has 1 aliphatic rings. The Bertz CT molecular complexity index is 1790. The van der Waals surface area contributed by atoms with Crippen LogP contribution in [0.25, 0.3) is 33.8 Å². The molecule has 1 saturated carbocycles. The molecule has 0 radical (unpaired) electrons. The minimum atomic E-state index is -4.66. The molecule has 14 heteroatoms. The maximum Gasteiger partial charge on any atom is 0.434 e. The van der Waals surface area contributed by atoms with Gasteiger partial charge >= 0.3 is 6.18 Å². The van der Waals surface area contributed by atoms with E-state index in [0.717, 1.165) is 29.7 Å². The van der Waals surface area contributed by atoms with Crippen LogP contribution >= 0.6 is 0 Å². The number of imidazole rings is 1. The molecule has 0 bridgehead atoms. The first-order chi connectivity index (χ1) is 19.5. The summed E-state index contributed by atoms with van der Waals surface area (Å²) in [6.45, 7) is -0.179. The molecule has 9 nitrogen and oxygen atoms in total. The second-order valence-corrected chi connectivity index (χ2v) is 9.72. The molecule has 4 heterocycles. The van der Waals surface area contributed by atoms with Gasteiger partial charge in [-0.15, -0.1) is 0 Å². The Kier molecular flexibility index (Phi) is 6.35. The van der Waals surface area contributed by atoms with Crippen LogP contribution in [0.15, 0.2) is 36.9 Å². The summed E-state index contributed by atoms with van der Waals surface area (Å²) in [5.41, 5.74) is 0.558. The zero-order chi connectivity index (χ0) is 29.1. The molecule has 0 spiro atoms. The van der Waals surface area contributed by atoms with Crippen LogP contribution in [0.3, 0.4) is 0 Å². The van der Waals surface area contributed by atoms with Crippen molar-refractivity contribution in [3.05, 3.63) is 65.5 Å². The molecule has 0 saturated heterocycles. The van der Waals surface area contributed by atoms with E-state index in [1.807, 2.05) is 0 Å². The number of methoxy groups -OCH3 is 1. The van der Waals surface area contributed by atoms with Gasteiger partial charge in [0.1, 0.15) is 41.2 Å². The quantitative estimate of drug-likeness (QED) is 0.235. The van der Waals surface area contributed by atoms with Gasteiger partial charge in [-0.2, -0.15) is 18.2 Å². The first-order valence-electron chi connectivity index (χ1n) is 12.5. The summed E-state index contributed by atoms with van der Waals surface area (Å²) in [6.07, 6.45) is 0.624. The smallest absolute Gasteiger partial charge is 0.434 e. The highest BCUT2D eigenvalue weighted by atomic mass is 19.4. The molecule has 0 aliphatic heterocycles. The summed E-state index contributed by atoms with van der Waals surface area (Å²) in [4.78, 5) is 21.1. The van der Waals surface area contributed by atoms with Crippen LogP contribution in [0.2, 0.25) is 0 Å². The van der Waals surface area contributed by atoms with Crippen molar-refractivity contribution in [2.24, 2.45) is 14.1 Å². The van der Waals surface area contributed by atoms with Crippen molar-refractivity contribution in [3.63, 3.8) is 0 Å². The van der Waals surface area contributed by atoms with Gasteiger partial charge in [-0.05, 0) is 30.5 Å². The van der Waals surface area contributed by atoms with Gasteiger partial charge in [0.25, 0.3) is 0 Å². The third-order valence-electron chi connectivity index (χ3n) is 6.78. The minimum absolute atomic E-state index is 0.0110. The van der Waals surface area contributed by atoms with Crippen molar-refractivity contribution < 1.29 is 31.4 Å². The minimum Gasteiger partial charge on any atom is -0.480 e. The Morgan fingerprint density at radius 1 is 0.951 bits per heavy atom. The zero-order valence-electron chi connectivity index (χ0n) is 22.0. The summed E-state index contributed by atoms with van der Waals surface area (Å²) in [7, 11) is 4.42. The molecule has 0 N–H and O–H groups in total. The fourth-order valence-electron chi connectivity index (χ4n) is 4.67. The van der Waals surface area contributed by atoms with Crippen LogP contribution in [0, 0.1) is 11.6 Å². The van der Waals surface area contributed by atoms with E-state index in [1.54, 1.807) is 7.05 Å². The summed E-state index contributed by atoms with van der Waals surface area (Å²) < 4.78 is 83.2. The van der Waals surface area contributed by atoms with Crippen LogP contribution in [-0.4, -0.2) is 41.2 Å². The molecule has 1 aromatic carbocycles. The number of fused-ring (bicyclic) bond motifs is 1. The SMILES string of the molecule is COc1ncnc(C2CC2)c1-c1nc(OCc2ccc(-c3nc(C(F)(F)F)cn3C)c(F)c2)c2c(n1)c(F)cn2C. The predicted octanol–water partition coefficient (Wildman–Crippen LogP) is 5.59. The average Bonchev–Trinajstić information content (AvgIpc) is 3.64. The van der Waals surface area contributed by atoms with E-state index in [4.69, 9.17) is 9.47 Å². The second-order valence-electron chi connectivity index (χ2n) is 9.72. The van der Waals surface area contributed by atoms with E-state index in [2.05, 4.69) is 24.9 Å². The van der Waals surface area contributed by atoms with Crippen molar-refractivity contribution in [2.45, 2.75) is 31.5 Å². The van der Waals surface area contributed by atoms with Crippen molar-refractivity contribution in [1.29, 1.82) is 0 Å². The van der Waals surface area contributed by atoms with Crippen molar-refractivity contribution >= 4 is 11.0 Å².